The molecule has 4 heteroatoms. The number of nitrogens with two attached hydrogens (primary N) is 1. The smallest absolute Gasteiger partial charge is 0.127 e. The third-order valence-corrected chi connectivity index (χ3v) is 3.72. The van der Waals surface area contributed by atoms with Crippen LogP contribution in [0.5, 0.6) is 0 Å². The van der Waals surface area contributed by atoms with Crippen LogP contribution in [0.2, 0.25) is 5.02 Å². The van der Waals surface area contributed by atoms with E-state index in [9.17, 15) is 4.39 Å². The van der Waals surface area contributed by atoms with Gasteiger partial charge in [0.1, 0.15) is 5.82 Å². The van der Waals surface area contributed by atoms with E-state index < -0.39 is 0 Å². The van der Waals surface area contributed by atoms with Crippen molar-refractivity contribution in [3.05, 3.63) is 70.6 Å². The molecule has 0 saturated heterocycles. The lowest BCUT2D eigenvalue weighted by molar-refractivity contribution is 0.609. The van der Waals surface area contributed by atoms with Crippen LogP contribution in [0.3, 0.4) is 0 Å². The van der Waals surface area contributed by atoms with Gasteiger partial charge in [0.2, 0.25) is 0 Å². The van der Waals surface area contributed by atoms with Crippen molar-refractivity contribution in [2.45, 2.75) is 13.1 Å². The van der Waals surface area contributed by atoms with E-state index in [0.29, 0.717) is 12.1 Å². The monoisotopic (exact) mass is 288 g/mol. The Morgan fingerprint density at radius 3 is 2.75 bits per heavy atom. The Morgan fingerprint density at radius 1 is 1.15 bits per heavy atom. The molecule has 3 aromatic rings. The number of para-hydroxylation sites is 1. The van der Waals surface area contributed by atoms with E-state index in [0.717, 1.165) is 21.5 Å². The summed E-state index contributed by atoms with van der Waals surface area (Å²) in [5, 5.41) is 1.75. The average Bonchev–Trinajstić information content (AvgIpc) is 2.78. The van der Waals surface area contributed by atoms with E-state index in [1.807, 2.05) is 30.5 Å². The van der Waals surface area contributed by atoms with Crippen LogP contribution in [0.15, 0.2) is 48.7 Å². The van der Waals surface area contributed by atoms with Crippen molar-refractivity contribution < 1.29 is 4.39 Å². The van der Waals surface area contributed by atoms with Crippen molar-refractivity contribution in [3.8, 4) is 0 Å². The highest BCUT2D eigenvalue weighted by Gasteiger charge is 2.08. The van der Waals surface area contributed by atoms with Gasteiger partial charge in [-0.3, -0.25) is 0 Å². The summed E-state index contributed by atoms with van der Waals surface area (Å²) in [5.41, 5.74) is 8.14. The van der Waals surface area contributed by atoms with Crippen molar-refractivity contribution in [2.75, 3.05) is 0 Å². The second-order valence-corrected chi connectivity index (χ2v) is 5.16. The predicted octanol–water partition coefficient (Wildman–Crippen LogP) is 3.94. The molecule has 0 spiro atoms. The van der Waals surface area contributed by atoms with E-state index in [-0.39, 0.29) is 12.4 Å². The summed E-state index contributed by atoms with van der Waals surface area (Å²) < 4.78 is 15.5. The van der Waals surface area contributed by atoms with E-state index in [1.54, 1.807) is 12.1 Å². The van der Waals surface area contributed by atoms with Gasteiger partial charge in [-0.25, -0.2) is 4.39 Å². The Kier molecular flexibility index (Phi) is 3.47. The zero-order valence-corrected chi connectivity index (χ0v) is 11.6. The summed E-state index contributed by atoms with van der Waals surface area (Å²) in [5.74, 6) is -0.258. The molecule has 0 amide bonds. The fourth-order valence-electron chi connectivity index (χ4n) is 2.41. The number of hydrogen-bond acceptors (Lipinski definition) is 1. The molecule has 2 nitrogen and oxygen atoms in total. The van der Waals surface area contributed by atoms with Gasteiger partial charge in [-0.05, 0) is 23.8 Å². The molecule has 0 aliphatic heterocycles. The van der Waals surface area contributed by atoms with Crippen LogP contribution in [0, 0.1) is 5.82 Å². The maximum absolute atomic E-state index is 13.5. The summed E-state index contributed by atoms with van der Waals surface area (Å²) in [6.45, 7) is 0.841. The molecule has 3 rings (SSSR count). The third kappa shape index (κ3) is 2.30. The number of fused-ring (bicyclic) bond motifs is 1. The highest BCUT2D eigenvalue weighted by Crippen LogP contribution is 2.26. The number of hydrogen-bond donors (Lipinski definition) is 1. The highest BCUT2D eigenvalue weighted by molar-refractivity contribution is 6.35. The summed E-state index contributed by atoms with van der Waals surface area (Å²) in [7, 11) is 0. The molecule has 2 aromatic carbocycles. The number of rotatable bonds is 3. The second-order valence-electron chi connectivity index (χ2n) is 4.75. The first-order chi connectivity index (χ1) is 9.69. The molecular weight excluding hydrogens is 275 g/mol. The van der Waals surface area contributed by atoms with Gasteiger partial charge in [0.05, 0.1) is 5.02 Å². The van der Waals surface area contributed by atoms with Gasteiger partial charge < -0.3 is 10.3 Å². The van der Waals surface area contributed by atoms with Gasteiger partial charge in [-0.1, -0.05) is 35.9 Å². The van der Waals surface area contributed by atoms with Crippen LogP contribution < -0.4 is 5.73 Å². The molecule has 1 aromatic heterocycles. The van der Waals surface area contributed by atoms with E-state index >= 15 is 0 Å². The number of halogens is 2. The molecule has 0 aliphatic rings. The third-order valence-electron chi connectivity index (χ3n) is 3.42. The van der Waals surface area contributed by atoms with E-state index in [1.165, 1.54) is 6.07 Å². The van der Waals surface area contributed by atoms with Gasteiger partial charge >= 0.3 is 0 Å². The van der Waals surface area contributed by atoms with Gasteiger partial charge in [0, 0.05) is 35.8 Å². The van der Waals surface area contributed by atoms with Crippen molar-refractivity contribution in [1.82, 2.24) is 4.57 Å². The van der Waals surface area contributed by atoms with Crippen molar-refractivity contribution in [3.63, 3.8) is 0 Å². The first kappa shape index (κ1) is 13.2. The molecule has 1 heterocycles. The standard InChI is InChI=1S/C16H14ClFN2/c17-14-10-20(16-4-2-1-3-13(14)16)9-11-5-6-15(18)12(7-11)8-19/h1-7,10H,8-9,19H2. The zero-order chi connectivity index (χ0) is 14.1. The normalized spacial score (nSPS) is 11.2. The predicted molar refractivity (Wildman–Crippen MR) is 80.3 cm³/mol. The molecule has 102 valence electrons. The fraction of sp³-hybridized carbons (Fsp3) is 0.125. The maximum atomic E-state index is 13.5. The van der Waals surface area contributed by atoms with Crippen LogP contribution in [0.4, 0.5) is 4.39 Å². The SMILES string of the molecule is NCc1cc(Cn2cc(Cl)c3ccccc32)ccc1F. The minimum atomic E-state index is -0.258. The molecule has 0 saturated carbocycles. The molecular formula is C16H14ClFN2. The van der Waals surface area contributed by atoms with Crippen molar-refractivity contribution in [1.29, 1.82) is 0 Å². The first-order valence-electron chi connectivity index (χ1n) is 6.40. The van der Waals surface area contributed by atoms with Gasteiger partial charge in [-0.2, -0.15) is 0 Å². The largest absolute Gasteiger partial charge is 0.342 e. The molecule has 0 atom stereocenters. The Bertz CT molecular complexity index is 764. The average molecular weight is 289 g/mol. The molecule has 20 heavy (non-hydrogen) atoms. The Morgan fingerprint density at radius 2 is 1.95 bits per heavy atom. The quantitative estimate of drug-likeness (QED) is 0.777. The van der Waals surface area contributed by atoms with Crippen molar-refractivity contribution >= 4 is 22.5 Å². The first-order valence-corrected chi connectivity index (χ1v) is 6.77. The summed E-state index contributed by atoms with van der Waals surface area (Å²) in [4.78, 5) is 0. The van der Waals surface area contributed by atoms with Crippen LogP contribution in [0.25, 0.3) is 10.9 Å². The fourth-order valence-corrected chi connectivity index (χ4v) is 2.69. The summed E-state index contributed by atoms with van der Waals surface area (Å²) >= 11 is 6.23. The minimum Gasteiger partial charge on any atom is -0.342 e. The second kappa shape index (κ2) is 5.27. The van der Waals surface area contributed by atoms with Gasteiger partial charge in [0.15, 0.2) is 0 Å². The summed E-state index contributed by atoms with van der Waals surface area (Å²) in [6, 6.07) is 13.0. The van der Waals surface area contributed by atoms with Gasteiger partial charge in [0.25, 0.3) is 0 Å². The lowest BCUT2D eigenvalue weighted by Gasteiger charge is -2.08. The Balaban J connectivity index is 2.01. The highest BCUT2D eigenvalue weighted by atomic mass is 35.5. The Hall–Kier alpha value is -1.84. The zero-order valence-electron chi connectivity index (χ0n) is 10.8. The molecule has 0 bridgehead atoms. The van der Waals surface area contributed by atoms with Crippen LogP contribution in [0.1, 0.15) is 11.1 Å². The number of aromatic nitrogens is 1. The van der Waals surface area contributed by atoms with Crippen LogP contribution in [-0.2, 0) is 13.1 Å². The van der Waals surface area contributed by atoms with E-state index in [2.05, 4.69) is 4.57 Å². The molecule has 0 radical (unpaired) electrons. The van der Waals surface area contributed by atoms with Crippen molar-refractivity contribution in [2.24, 2.45) is 5.73 Å². The minimum absolute atomic E-state index is 0.201. The van der Waals surface area contributed by atoms with Crippen LogP contribution >= 0.6 is 11.6 Å². The Labute approximate surface area is 121 Å². The number of benzene rings is 2. The lowest BCUT2D eigenvalue weighted by atomic mass is 10.1. The van der Waals surface area contributed by atoms with Gasteiger partial charge in [-0.15, -0.1) is 0 Å². The molecule has 0 unspecified atom stereocenters. The topological polar surface area (TPSA) is 30.9 Å². The van der Waals surface area contributed by atoms with Crippen LogP contribution in [-0.4, -0.2) is 4.57 Å². The lowest BCUT2D eigenvalue weighted by Crippen LogP contribution is -2.03. The summed E-state index contributed by atoms with van der Waals surface area (Å²) in [6.07, 6.45) is 1.90. The van der Waals surface area contributed by atoms with E-state index in [4.69, 9.17) is 17.3 Å². The molecule has 2 N–H and O–H groups in total. The molecule has 0 aliphatic carbocycles. The molecule has 0 fully saturated rings. The number of nitrogens with zero attached hydrogens (tertiary/aromatic N) is 1. The maximum Gasteiger partial charge on any atom is 0.127 e.